The highest BCUT2D eigenvalue weighted by molar-refractivity contribution is 7.17. The van der Waals surface area contributed by atoms with E-state index in [1.165, 1.54) is 0 Å². The first-order chi connectivity index (χ1) is 9.45. The Labute approximate surface area is 118 Å². The van der Waals surface area contributed by atoms with Crippen molar-refractivity contribution in [1.82, 2.24) is 0 Å². The van der Waals surface area contributed by atoms with Crippen LogP contribution in [-0.2, 0) is 20.7 Å². The van der Waals surface area contributed by atoms with Gasteiger partial charge in [0, 0.05) is 11.8 Å². The van der Waals surface area contributed by atoms with Crippen molar-refractivity contribution >= 4 is 34.0 Å². The highest BCUT2D eigenvalue weighted by Crippen LogP contribution is 2.41. The van der Waals surface area contributed by atoms with E-state index in [1.807, 2.05) is 0 Å². The highest BCUT2D eigenvalue weighted by atomic mass is 32.1. The number of Topliss-reactive ketones (excluding diaryl/α,β-unsaturated/α-hetero) is 1. The van der Waals surface area contributed by atoms with Crippen LogP contribution >= 0.6 is 11.3 Å². The van der Waals surface area contributed by atoms with Crippen molar-refractivity contribution in [3.8, 4) is 0 Å². The smallest absolute Gasteiger partial charge is 0.339 e. The molecule has 0 radical (unpaired) electrons. The first-order valence-corrected chi connectivity index (χ1v) is 6.70. The number of ether oxygens (including phenoxy) is 1. The number of fused-ring (bicyclic) bond motifs is 1. The lowest BCUT2D eigenvalue weighted by Crippen LogP contribution is -2.21. The number of amides is 1. The number of ketones is 1. The van der Waals surface area contributed by atoms with E-state index in [1.54, 1.807) is 0 Å². The third kappa shape index (κ3) is 2.58. The summed E-state index contributed by atoms with van der Waals surface area (Å²) >= 11 is 1.02. The molecule has 0 aromatic carbocycles. The maximum Gasteiger partial charge on any atom is 0.339 e. The van der Waals surface area contributed by atoms with Crippen LogP contribution in [0.1, 0.15) is 33.8 Å². The number of aliphatic hydroxyl groups excluding tert-OH is 1. The number of carbonyl (C=O) groups excluding carboxylic acids is 2. The van der Waals surface area contributed by atoms with Crippen LogP contribution in [0.15, 0.2) is 0 Å². The van der Waals surface area contributed by atoms with Gasteiger partial charge in [-0.2, -0.15) is 0 Å². The minimum atomic E-state index is -1.18. The van der Waals surface area contributed by atoms with Crippen LogP contribution in [-0.4, -0.2) is 41.1 Å². The molecular weight excluding hydrogens is 286 g/mol. The van der Waals surface area contributed by atoms with E-state index in [0.717, 1.165) is 18.3 Å². The van der Waals surface area contributed by atoms with Gasteiger partial charge >= 0.3 is 5.97 Å². The molecule has 7 nitrogen and oxygen atoms in total. The second-order valence-corrected chi connectivity index (χ2v) is 5.31. The summed E-state index contributed by atoms with van der Waals surface area (Å²) in [5, 5.41) is 20.9. The molecule has 0 fully saturated rings. The van der Waals surface area contributed by atoms with E-state index in [0.29, 0.717) is 23.5 Å². The van der Waals surface area contributed by atoms with Gasteiger partial charge in [-0.25, -0.2) is 4.79 Å². The zero-order valence-electron chi connectivity index (χ0n) is 10.6. The Balaban J connectivity index is 2.46. The zero-order valence-corrected chi connectivity index (χ0v) is 11.5. The fraction of sp³-hybridized carbons (Fsp3) is 0.417. The Hall–Kier alpha value is -1.77. The number of carboxylic acid groups (broad SMARTS) is 1. The lowest BCUT2D eigenvalue weighted by Gasteiger charge is -2.21. The molecule has 1 aliphatic heterocycles. The number of carboxylic acids is 1. The average molecular weight is 299 g/mol. The third-order valence-corrected chi connectivity index (χ3v) is 4.17. The third-order valence-electron chi connectivity index (χ3n) is 2.93. The van der Waals surface area contributed by atoms with Gasteiger partial charge in [-0.15, -0.1) is 11.3 Å². The highest BCUT2D eigenvalue weighted by Gasteiger charge is 2.31. The molecular formula is C12H13NO6S. The predicted molar refractivity (Wildman–Crippen MR) is 70.1 cm³/mol. The molecule has 0 aliphatic carbocycles. The van der Waals surface area contributed by atoms with Gasteiger partial charge in [0.25, 0.3) is 5.91 Å². The second kappa shape index (κ2) is 5.70. The fourth-order valence-electron chi connectivity index (χ4n) is 2.01. The lowest BCUT2D eigenvalue weighted by atomic mass is 10.0. The average Bonchev–Trinajstić information content (AvgIpc) is 2.76. The van der Waals surface area contributed by atoms with Gasteiger partial charge in [0.2, 0.25) is 5.78 Å². The van der Waals surface area contributed by atoms with Crippen LogP contribution in [0.5, 0.6) is 0 Å². The zero-order chi connectivity index (χ0) is 14.9. The van der Waals surface area contributed by atoms with Gasteiger partial charge in [-0.1, -0.05) is 0 Å². The molecule has 0 bridgehead atoms. The summed E-state index contributed by atoms with van der Waals surface area (Å²) in [5.41, 5.74) is 0.521. The van der Waals surface area contributed by atoms with E-state index in [9.17, 15) is 24.6 Å². The quantitative estimate of drug-likeness (QED) is 0.701. The van der Waals surface area contributed by atoms with E-state index in [2.05, 4.69) is 5.32 Å². The summed E-state index contributed by atoms with van der Waals surface area (Å²) in [6.45, 7) is 1.13. The molecule has 20 heavy (non-hydrogen) atoms. The molecule has 0 spiro atoms. The first kappa shape index (κ1) is 14.6. The Morgan fingerprint density at radius 3 is 2.70 bits per heavy atom. The maximum absolute atomic E-state index is 11.4. The summed E-state index contributed by atoms with van der Waals surface area (Å²) < 4.78 is 5.34. The van der Waals surface area contributed by atoms with Crippen molar-refractivity contribution in [3.63, 3.8) is 0 Å². The largest absolute Gasteiger partial charge is 0.478 e. The van der Waals surface area contributed by atoms with Gasteiger partial charge in [0.05, 0.1) is 18.8 Å². The van der Waals surface area contributed by atoms with Crippen molar-refractivity contribution in [2.75, 3.05) is 18.5 Å². The summed E-state index contributed by atoms with van der Waals surface area (Å²) in [6, 6.07) is 0. The summed E-state index contributed by atoms with van der Waals surface area (Å²) in [7, 11) is 0. The number of thiophene rings is 1. The minimum Gasteiger partial charge on any atom is -0.478 e. The van der Waals surface area contributed by atoms with Crippen molar-refractivity contribution in [2.45, 2.75) is 19.4 Å². The molecule has 2 rings (SSSR count). The van der Waals surface area contributed by atoms with E-state index < -0.39 is 23.8 Å². The van der Waals surface area contributed by atoms with E-state index >= 15 is 0 Å². The molecule has 1 aromatic heterocycles. The van der Waals surface area contributed by atoms with Crippen LogP contribution in [0.2, 0.25) is 0 Å². The van der Waals surface area contributed by atoms with E-state index in [-0.39, 0.29) is 17.2 Å². The number of carbonyl (C=O) groups is 3. The predicted octanol–water partition coefficient (Wildman–Crippen LogP) is 0.580. The molecule has 8 heteroatoms. The number of aromatic carboxylic acids is 1. The number of nitrogens with one attached hydrogen (secondary N) is 1. The number of aliphatic hydroxyl groups is 1. The Morgan fingerprint density at radius 2 is 2.15 bits per heavy atom. The molecule has 0 saturated heterocycles. The van der Waals surface area contributed by atoms with Crippen molar-refractivity contribution in [2.24, 2.45) is 0 Å². The standard InChI is InChI=1S/C12H13NO6S/c1-5(15)10(16)13-11-8(12(17)18)6-2-3-19-7(4-14)9(6)20-11/h7,14H,2-4H2,1H3,(H,13,16)(H,17,18). The molecule has 1 unspecified atom stereocenters. The van der Waals surface area contributed by atoms with Crippen molar-refractivity contribution in [1.29, 1.82) is 0 Å². The topological polar surface area (TPSA) is 113 Å². The molecule has 1 amide bonds. The summed E-state index contributed by atoms with van der Waals surface area (Å²) in [4.78, 5) is 34.3. The van der Waals surface area contributed by atoms with Gasteiger partial charge in [-0.3, -0.25) is 9.59 Å². The lowest BCUT2D eigenvalue weighted by molar-refractivity contribution is -0.133. The normalized spacial score (nSPS) is 17.4. The second-order valence-electron chi connectivity index (χ2n) is 4.26. The van der Waals surface area contributed by atoms with E-state index in [4.69, 9.17) is 4.74 Å². The SMILES string of the molecule is CC(=O)C(=O)Nc1sc2c(c1C(=O)O)CCOC2CO. The van der Waals surface area contributed by atoms with Crippen LogP contribution in [0.4, 0.5) is 5.00 Å². The minimum absolute atomic E-state index is 0.0265. The summed E-state index contributed by atoms with van der Waals surface area (Å²) in [6.07, 6.45) is -0.204. The Morgan fingerprint density at radius 1 is 1.45 bits per heavy atom. The number of anilines is 1. The maximum atomic E-state index is 11.4. The van der Waals surface area contributed by atoms with Crippen LogP contribution in [0.25, 0.3) is 0 Å². The van der Waals surface area contributed by atoms with Crippen molar-refractivity contribution < 1.29 is 29.3 Å². The van der Waals surface area contributed by atoms with Crippen LogP contribution in [0, 0.1) is 0 Å². The van der Waals surface area contributed by atoms with Gasteiger partial charge in [0.1, 0.15) is 11.1 Å². The molecule has 108 valence electrons. The number of hydrogen-bond donors (Lipinski definition) is 3. The van der Waals surface area contributed by atoms with Gasteiger partial charge in [-0.05, 0) is 12.0 Å². The number of hydrogen-bond acceptors (Lipinski definition) is 6. The monoisotopic (exact) mass is 299 g/mol. The Kier molecular flexibility index (Phi) is 4.17. The molecule has 1 aromatic rings. The Bertz CT molecular complexity index is 579. The number of rotatable bonds is 4. The van der Waals surface area contributed by atoms with Crippen LogP contribution < -0.4 is 5.32 Å². The molecule has 3 N–H and O–H groups in total. The molecule has 1 atom stereocenters. The summed E-state index contributed by atoms with van der Waals surface area (Å²) in [5.74, 6) is -2.75. The fourth-order valence-corrected chi connectivity index (χ4v) is 3.29. The van der Waals surface area contributed by atoms with Crippen molar-refractivity contribution in [3.05, 3.63) is 16.0 Å². The van der Waals surface area contributed by atoms with Gasteiger partial charge in [0.15, 0.2) is 0 Å². The van der Waals surface area contributed by atoms with Gasteiger partial charge < -0.3 is 20.3 Å². The first-order valence-electron chi connectivity index (χ1n) is 5.89. The molecule has 0 saturated carbocycles. The van der Waals surface area contributed by atoms with Crippen LogP contribution in [0.3, 0.4) is 0 Å². The molecule has 1 aliphatic rings. The molecule has 2 heterocycles.